The molecular formula is C26H24N2O5S. The van der Waals surface area contributed by atoms with Gasteiger partial charge in [-0.3, -0.25) is 9.36 Å². The number of carbonyl (C=O) groups excluding carboxylic acids is 2. The Morgan fingerprint density at radius 1 is 0.912 bits per heavy atom. The number of hydrogen-bond donors (Lipinski definition) is 1. The molecule has 0 saturated heterocycles. The van der Waals surface area contributed by atoms with Crippen molar-refractivity contribution in [2.75, 3.05) is 14.2 Å². The van der Waals surface area contributed by atoms with Crippen LogP contribution in [0.5, 0.6) is 0 Å². The Morgan fingerprint density at radius 2 is 1.44 bits per heavy atom. The molecule has 8 heteroatoms. The van der Waals surface area contributed by atoms with E-state index in [1.165, 1.54) is 18.8 Å². The number of nitrogens with zero attached hydrogens (tertiary/aromatic N) is 1. The van der Waals surface area contributed by atoms with Crippen molar-refractivity contribution in [2.24, 2.45) is 5.73 Å². The van der Waals surface area contributed by atoms with E-state index in [4.69, 9.17) is 15.2 Å². The van der Waals surface area contributed by atoms with Gasteiger partial charge in [-0.1, -0.05) is 59.7 Å². The lowest BCUT2D eigenvalue weighted by Gasteiger charge is -2.26. The topological polar surface area (TPSA) is 101 Å². The van der Waals surface area contributed by atoms with Gasteiger partial charge in [0, 0.05) is 0 Å². The number of fused-ring (bicyclic) bond motifs is 1. The summed E-state index contributed by atoms with van der Waals surface area (Å²) >= 11 is 1.13. The smallest absolute Gasteiger partial charge is 0.338 e. The number of thiazole rings is 1. The van der Waals surface area contributed by atoms with Crippen LogP contribution in [0.2, 0.25) is 0 Å². The number of aryl methyl sites for hydroxylation is 2. The first-order chi connectivity index (χ1) is 16.3. The lowest BCUT2D eigenvalue weighted by Crippen LogP contribution is -2.41. The van der Waals surface area contributed by atoms with Crippen molar-refractivity contribution in [2.45, 2.75) is 19.8 Å². The van der Waals surface area contributed by atoms with E-state index < -0.39 is 23.4 Å². The highest BCUT2D eigenvalue weighted by Gasteiger charge is 2.39. The summed E-state index contributed by atoms with van der Waals surface area (Å²) in [7, 11) is 2.49. The number of esters is 2. The van der Waals surface area contributed by atoms with Gasteiger partial charge in [-0.2, -0.15) is 0 Å². The molecule has 1 aromatic heterocycles. The van der Waals surface area contributed by atoms with Crippen molar-refractivity contribution in [1.29, 1.82) is 0 Å². The Hall–Kier alpha value is -3.91. The van der Waals surface area contributed by atoms with E-state index in [1.54, 1.807) is 6.08 Å². The maximum absolute atomic E-state index is 13.4. The molecule has 4 rings (SSSR count). The van der Waals surface area contributed by atoms with E-state index >= 15 is 0 Å². The molecule has 3 aromatic rings. The minimum Gasteiger partial charge on any atom is -0.466 e. The van der Waals surface area contributed by atoms with Crippen LogP contribution < -0.4 is 20.5 Å². The van der Waals surface area contributed by atoms with Crippen LogP contribution in [0.3, 0.4) is 0 Å². The zero-order valence-electron chi connectivity index (χ0n) is 19.2. The number of benzene rings is 2. The predicted octanol–water partition coefficient (Wildman–Crippen LogP) is 1.78. The van der Waals surface area contributed by atoms with Crippen molar-refractivity contribution >= 4 is 40.7 Å². The van der Waals surface area contributed by atoms with Gasteiger partial charge in [0.2, 0.25) is 0 Å². The molecule has 1 atom stereocenters. The summed E-state index contributed by atoms with van der Waals surface area (Å²) in [5, 5.41) is 0. The van der Waals surface area contributed by atoms with Crippen molar-refractivity contribution in [3.8, 4) is 0 Å². The second kappa shape index (κ2) is 9.15. The third-order valence-electron chi connectivity index (χ3n) is 5.74. The molecule has 0 amide bonds. The minimum absolute atomic E-state index is 0.0149. The molecule has 0 saturated carbocycles. The molecule has 7 nitrogen and oxygen atoms in total. The highest BCUT2D eigenvalue weighted by atomic mass is 32.1. The van der Waals surface area contributed by atoms with Gasteiger partial charge < -0.3 is 15.2 Å². The maximum atomic E-state index is 13.4. The quantitative estimate of drug-likeness (QED) is 0.576. The highest BCUT2D eigenvalue weighted by molar-refractivity contribution is 7.07. The summed E-state index contributed by atoms with van der Waals surface area (Å²) in [5.74, 6) is -2.30. The standard InChI is InChI=1S/C26H24N2O5S/c1-14-5-9-16(10-6-14)13-18-23(29)28-22(27)20(25(30)32-3)19(17-11-7-15(2)8-12-17)21(24(28)34-18)26(31)33-4/h5-13,19H,27H2,1-4H3. The number of nitrogens with two attached hydrogens (primary N) is 1. The van der Waals surface area contributed by atoms with Crippen molar-refractivity contribution in [1.82, 2.24) is 4.57 Å². The second-order valence-electron chi connectivity index (χ2n) is 8.01. The summed E-state index contributed by atoms with van der Waals surface area (Å²) in [4.78, 5) is 39.4. The fourth-order valence-corrected chi connectivity index (χ4v) is 5.14. The molecule has 0 bridgehead atoms. The Morgan fingerprint density at radius 3 is 2.00 bits per heavy atom. The lowest BCUT2D eigenvalue weighted by atomic mass is 9.83. The molecule has 2 N–H and O–H groups in total. The van der Waals surface area contributed by atoms with Crippen molar-refractivity contribution < 1.29 is 19.1 Å². The largest absolute Gasteiger partial charge is 0.466 e. The van der Waals surface area contributed by atoms with Crippen LogP contribution in [0, 0.1) is 13.8 Å². The molecule has 2 aromatic carbocycles. The molecular weight excluding hydrogens is 452 g/mol. The normalized spacial score (nSPS) is 15.8. The second-order valence-corrected chi connectivity index (χ2v) is 9.04. The van der Waals surface area contributed by atoms with Crippen LogP contribution in [0.15, 0.2) is 58.9 Å². The molecule has 34 heavy (non-hydrogen) atoms. The molecule has 174 valence electrons. The first kappa shape index (κ1) is 23.3. The number of methoxy groups -OCH3 is 2. The van der Waals surface area contributed by atoms with Gasteiger partial charge in [-0.05, 0) is 31.1 Å². The summed E-state index contributed by atoms with van der Waals surface area (Å²) in [6.07, 6.45) is 1.73. The van der Waals surface area contributed by atoms with Gasteiger partial charge in [0.25, 0.3) is 5.56 Å². The van der Waals surface area contributed by atoms with Gasteiger partial charge in [-0.15, -0.1) is 11.3 Å². The van der Waals surface area contributed by atoms with Crippen molar-refractivity contribution in [3.63, 3.8) is 0 Å². The van der Waals surface area contributed by atoms with E-state index in [0.29, 0.717) is 14.8 Å². The summed E-state index contributed by atoms with van der Waals surface area (Å²) in [6, 6.07) is 15.1. The zero-order chi connectivity index (χ0) is 24.6. The Balaban J connectivity index is 2.11. The van der Waals surface area contributed by atoms with Crippen LogP contribution in [-0.4, -0.2) is 30.7 Å². The Kier molecular flexibility index (Phi) is 6.26. The number of aromatic nitrogens is 1. The van der Waals surface area contributed by atoms with Gasteiger partial charge in [0.05, 0.1) is 35.8 Å². The SMILES string of the molecule is COC(=O)C1=C(N)n2c(sc(=Cc3ccc(C)cc3)c2=O)=C(C(=O)OC)C1c1ccc(C)cc1. The van der Waals surface area contributed by atoms with Crippen LogP contribution >= 0.6 is 11.3 Å². The minimum atomic E-state index is -0.856. The average molecular weight is 477 g/mol. The molecule has 1 unspecified atom stereocenters. The molecule has 0 aliphatic carbocycles. The van der Waals surface area contributed by atoms with Crippen LogP contribution in [0.25, 0.3) is 17.5 Å². The predicted molar refractivity (Wildman–Crippen MR) is 131 cm³/mol. The van der Waals surface area contributed by atoms with Gasteiger partial charge in [0.15, 0.2) is 0 Å². The van der Waals surface area contributed by atoms with E-state index in [-0.39, 0.29) is 17.0 Å². The van der Waals surface area contributed by atoms with Crippen LogP contribution in [0.4, 0.5) is 0 Å². The number of rotatable bonds is 4. The van der Waals surface area contributed by atoms with Gasteiger partial charge in [-0.25, -0.2) is 9.59 Å². The summed E-state index contributed by atoms with van der Waals surface area (Å²) in [6.45, 7) is 3.91. The van der Waals surface area contributed by atoms with Gasteiger partial charge in [0.1, 0.15) is 10.5 Å². The summed E-state index contributed by atoms with van der Waals surface area (Å²) in [5.41, 5.74) is 9.76. The van der Waals surface area contributed by atoms with E-state index in [2.05, 4.69) is 0 Å². The number of hydrogen-bond acceptors (Lipinski definition) is 7. The monoisotopic (exact) mass is 476 g/mol. The van der Waals surface area contributed by atoms with E-state index in [1.807, 2.05) is 62.4 Å². The molecule has 2 heterocycles. The number of ether oxygens (including phenoxy) is 2. The lowest BCUT2D eigenvalue weighted by molar-refractivity contribution is -0.136. The van der Waals surface area contributed by atoms with E-state index in [9.17, 15) is 14.4 Å². The fraction of sp³-hybridized carbons (Fsp3) is 0.192. The van der Waals surface area contributed by atoms with Crippen molar-refractivity contribution in [3.05, 3.63) is 95.9 Å². The van der Waals surface area contributed by atoms with Gasteiger partial charge >= 0.3 is 11.9 Å². The Labute approximate surface area is 200 Å². The molecule has 0 fully saturated rings. The molecule has 0 spiro atoms. The third-order valence-corrected chi connectivity index (χ3v) is 6.85. The van der Waals surface area contributed by atoms with E-state index in [0.717, 1.165) is 28.0 Å². The maximum Gasteiger partial charge on any atom is 0.338 e. The Bertz CT molecular complexity index is 1490. The zero-order valence-corrected chi connectivity index (χ0v) is 20.1. The first-order valence-corrected chi connectivity index (χ1v) is 11.4. The first-order valence-electron chi connectivity index (χ1n) is 10.5. The number of carbonyl (C=O) groups is 2. The molecule has 1 aliphatic rings. The molecule has 0 radical (unpaired) electrons. The highest BCUT2D eigenvalue weighted by Crippen LogP contribution is 2.37. The third kappa shape index (κ3) is 3.97. The summed E-state index contributed by atoms with van der Waals surface area (Å²) < 4.78 is 12.0. The average Bonchev–Trinajstić information content (AvgIpc) is 3.15. The van der Waals surface area contributed by atoms with Crippen LogP contribution in [-0.2, 0) is 19.1 Å². The fourth-order valence-electron chi connectivity index (χ4n) is 3.97. The van der Waals surface area contributed by atoms with Crippen LogP contribution in [0.1, 0.15) is 28.2 Å². The molecule has 1 aliphatic heterocycles.